The molecule has 0 aromatic carbocycles. The number of thiazole rings is 1. The smallest absolute Gasteiger partial charge is 0.218 e. The molecule has 1 aliphatic rings. The molecule has 4 aromatic rings. The molecule has 1 aliphatic carbocycles. The van der Waals surface area contributed by atoms with E-state index in [1.165, 1.54) is 0 Å². The number of nitrogens with zero attached hydrogens (tertiary/aromatic N) is 6. The molecule has 1 N–H and O–H groups in total. The summed E-state index contributed by atoms with van der Waals surface area (Å²) in [5.74, 6) is 2.86. The first-order chi connectivity index (χ1) is 15.1. The van der Waals surface area contributed by atoms with Gasteiger partial charge in [-0.1, -0.05) is 11.3 Å². The average Bonchev–Trinajstić information content (AvgIpc) is 3.12. The third-order valence-corrected chi connectivity index (χ3v) is 6.49. The minimum absolute atomic E-state index is 0.436. The van der Waals surface area contributed by atoms with Crippen molar-refractivity contribution < 1.29 is 4.74 Å². The minimum Gasteiger partial charge on any atom is -0.477 e. The topological polar surface area (TPSA) is 98.6 Å². The lowest BCUT2D eigenvalue weighted by atomic mass is 10.1. The number of anilines is 1. The Balaban J connectivity index is 1.16. The molecule has 1 fully saturated rings. The quantitative estimate of drug-likeness (QED) is 0.424. The van der Waals surface area contributed by atoms with Gasteiger partial charge in [0.2, 0.25) is 5.88 Å². The highest BCUT2D eigenvalue weighted by Gasteiger charge is 2.40. The first kappa shape index (κ1) is 20.0. The maximum absolute atomic E-state index is 5.99. The molecule has 158 valence electrons. The monoisotopic (exact) mass is 451 g/mol. The fourth-order valence-electron chi connectivity index (χ4n) is 3.40. The molecule has 10 heteroatoms. The highest BCUT2D eigenvalue weighted by atomic mass is 32.1. The summed E-state index contributed by atoms with van der Waals surface area (Å²) in [6.07, 6.45) is 2.99. The second kappa shape index (κ2) is 8.64. The molecule has 0 aliphatic heterocycles. The SMILES string of the molecule is Cc1nc(NCc2nnc(C)s2)cc(OC[C@H]2C[C@@H]2c2ccc(-c3cscn3)cn2)n1. The van der Waals surface area contributed by atoms with Crippen LogP contribution in [0.5, 0.6) is 5.88 Å². The Morgan fingerprint density at radius 1 is 1.16 bits per heavy atom. The van der Waals surface area contributed by atoms with Crippen molar-refractivity contribution in [2.75, 3.05) is 11.9 Å². The third kappa shape index (κ3) is 4.86. The standard InChI is InChI=1S/C21H21N7OS2/c1-12-25-19(23-8-21-28-27-13(2)31-21)6-20(26-12)29-9-15-5-16(15)17-4-3-14(7-22-17)18-10-30-11-24-18/h3-4,6-7,10-11,15-16H,5,8-9H2,1-2H3,(H,23,25,26)/t15-,16+/m1/s1. The molecular formula is C21H21N7OS2. The van der Waals surface area contributed by atoms with Crippen LogP contribution in [0, 0.1) is 19.8 Å². The summed E-state index contributed by atoms with van der Waals surface area (Å²) >= 11 is 3.16. The lowest BCUT2D eigenvalue weighted by molar-refractivity contribution is 0.284. The van der Waals surface area contributed by atoms with E-state index in [0.717, 1.165) is 39.2 Å². The van der Waals surface area contributed by atoms with Crippen LogP contribution in [0.2, 0.25) is 0 Å². The molecular weight excluding hydrogens is 430 g/mol. The predicted octanol–water partition coefficient (Wildman–Crippen LogP) is 4.26. The van der Waals surface area contributed by atoms with E-state index >= 15 is 0 Å². The Labute approximate surface area is 187 Å². The zero-order valence-corrected chi connectivity index (χ0v) is 18.8. The van der Waals surface area contributed by atoms with Gasteiger partial charge in [-0.25, -0.2) is 9.97 Å². The van der Waals surface area contributed by atoms with Crippen molar-refractivity contribution in [3.05, 3.63) is 56.8 Å². The Bertz CT molecular complexity index is 1160. The molecule has 4 aromatic heterocycles. The molecule has 0 amide bonds. The fraction of sp³-hybridized carbons (Fsp3) is 0.333. The van der Waals surface area contributed by atoms with Crippen LogP contribution in [0.25, 0.3) is 11.3 Å². The second-order valence-corrected chi connectivity index (χ2v) is 9.45. The molecule has 0 bridgehead atoms. The number of hydrogen-bond acceptors (Lipinski definition) is 10. The van der Waals surface area contributed by atoms with Gasteiger partial charge in [0.25, 0.3) is 0 Å². The van der Waals surface area contributed by atoms with E-state index in [-0.39, 0.29) is 0 Å². The first-order valence-electron chi connectivity index (χ1n) is 10.00. The average molecular weight is 452 g/mol. The minimum atomic E-state index is 0.436. The third-order valence-electron chi connectivity index (χ3n) is 5.07. The summed E-state index contributed by atoms with van der Waals surface area (Å²) in [5, 5.41) is 15.3. The van der Waals surface area contributed by atoms with Gasteiger partial charge in [-0.15, -0.1) is 21.5 Å². The van der Waals surface area contributed by atoms with Crippen LogP contribution < -0.4 is 10.1 Å². The summed E-state index contributed by atoms with van der Waals surface area (Å²) in [6.45, 7) is 5.00. The number of aryl methyl sites for hydroxylation is 2. The first-order valence-corrected chi connectivity index (χ1v) is 11.8. The van der Waals surface area contributed by atoms with Gasteiger partial charge >= 0.3 is 0 Å². The van der Waals surface area contributed by atoms with Crippen LogP contribution in [-0.2, 0) is 6.54 Å². The van der Waals surface area contributed by atoms with Crippen molar-refractivity contribution in [2.24, 2.45) is 5.92 Å². The van der Waals surface area contributed by atoms with E-state index < -0.39 is 0 Å². The van der Waals surface area contributed by atoms with E-state index in [0.29, 0.717) is 36.7 Å². The zero-order chi connectivity index (χ0) is 21.2. The number of ether oxygens (including phenoxy) is 1. The van der Waals surface area contributed by atoms with Gasteiger partial charge in [0, 0.05) is 40.7 Å². The Morgan fingerprint density at radius 3 is 2.84 bits per heavy atom. The van der Waals surface area contributed by atoms with E-state index in [1.54, 1.807) is 22.7 Å². The van der Waals surface area contributed by atoms with Gasteiger partial charge in [-0.3, -0.25) is 4.98 Å². The second-order valence-electron chi connectivity index (χ2n) is 7.47. The van der Waals surface area contributed by atoms with Crippen molar-refractivity contribution in [1.29, 1.82) is 0 Å². The van der Waals surface area contributed by atoms with Gasteiger partial charge < -0.3 is 10.1 Å². The van der Waals surface area contributed by atoms with E-state index in [9.17, 15) is 0 Å². The van der Waals surface area contributed by atoms with Crippen LogP contribution in [0.3, 0.4) is 0 Å². The van der Waals surface area contributed by atoms with Crippen molar-refractivity contribution in [1.82, 2.24) is 30.1 Å². The normalized spacial score (nSPS) is 17.5. The Kier molecular flexibility index (Phi) is 5.56. The van der Waals surface area contributed by atoms with E-state index in [1.807, 2.05) is 37.0 Å². The molecule has 31 heavy (non-hydrogen) atoms. The lowest BCUT2D eigenvalue weighted by Crippen LogP contribution is -2.07. The van der Waals surface area contributed by atoms with Crippen molar-refractivity contribution >= 4 is 28.5 Å². The molecule has 0 unspecified atom stereocenters. The summed E-state index contributed by atoms with van der Waals surface area (Å²) in [6, 6.07) is 6.03. The molecule has 1 saturated carbocycles. The summed E-state index contributed by atoms with van der Waals surface area (Å²) < 4.78 is 5.99. The van der Waals surface area contributed by atoms with Gasteiger partial charge in [-0.2, -0.15) is 4.98 Å². The number of nitrogens with one attached hydrogen (secondary N) is 1. The molecule has 0 radical (unpaired) electrons. The van der Waals surface area contributed by atoms with E-state index in [2.05, 4.69) is 47.6 Å². The summed E-state index contributed by atoms with van der Waals surface area (Å²) in [5.41, 5.74) is 4.98. The Hall–Kier alpha value is -2.98. The molecule has 0 spiro atoms. The largest absolute Gasteiger partial charge is 0.477 e. The van der Waals surface area contributed by atoms with Crippen molar-refractivity contribution in [3.63, 3.8) is 0 Å². The highest BCUT2D eigenvalue weighted by molar-refractivity contribution is 7.11. The van der Waals surface area contributed by atoms with Crippen LogP contribution >= 0.6 is 22.7 Å². The van der Waals surface area contributed by atoms with Gasteiger partial charge in [-0.05, 0) is 32.4 Å². The van der Waals surface area contributed by atoms with Gasteiger partial charge in [0.1, 0.15) is 21.7 Å². The molecule has 8 nitrogen and oxygen atoms in total. The summed E-state index contributed by atoms with van der Waals surface area (Å²) in [7, 11) is 0. The molecule has 5 rings (SSSR count). The van der Waals surface area contributed by atoms with Crippen LogP contribution in [0.15, 0.2) is 35.3 Å². The highest BCUT2D eigenvalue weighted by Crippen LogP contribution is 2.46. The number of aromatic nitrogens is 6. The molecule has 2 atom stereocenters. The van der Waals surface area contributed by atoms with Gasteiger partial charge in [0.05, 0.1) is 24.4 Å². The van der Waals surface area contributed by atoms with Crippen molar-refractivity contribution in [3.8, 4) is 17.1 Å². The lowest BCUT2D eigenvalue weighted by Gasteiger charge is -2.09. The number of hydrogen-bond donors (Lipinski definition) is 1. The van der Waals surface area contributed by atoms with Crippen LogP contribution in [0.1, 0.15) is 33.9 Å². The van der Waals surface area contributed by atoms with Gasteiger partial charge in [0.15, 0.2) is 0 Å². The zero-order valence-electron chi connectivity index (χ0n) is 17.1. The Morgan fingerprint density at radius 2 is 2.10 bits per heavy atom. The number of pyridine rings is 1. The van der Waals surface area contributed by atoms with Crippen LogP contribution in [0.4, 0.5) is 5.82 Å². The maximum atomic E-state index is 5.99. The van der Waals surface area contributed by atoms with Crippen molar-refractivity contribution in [2.45, 2.75) is 32.7 Å². The molecule has 4 heterocycles. The predicted molar refractivity (Wildman–Crippen MR) is 120 cm³/mol. The van der Waals surface area contributed by atoms with E-state index in [4.69, 9.17) is 4.74 Å². The fourth-order valence-corrected chi connectivity index (χ4v) is 4.61. The molecule has 0 saturated heterocycles. The maximum Gasteiger partial charge on any atom is 0.218 e. The number of rotatable bonds is 8. The van der Waals surface area contributed by atoms with Crippen LogP contribution in [-0.4, -0.2) is 36.7 Å². The summed E-state index contributed by atoms with van der Waals surface area (Å²) in [4.78, 5) is 17.8.